The van der Waals surface area contributed by atoms with Crippen LogP contribution >= 0.6 is 11.6 Å². The van der Waals surface area contributed by atoms with Gasteiger partial charge in [-0.05, 0) is 6.92 Å². The van der Waals surface area contributed by atoms with Crippen molar-refractivity contribution in [2.75, 3.05) is 5.73 Å². The lowest BCUT2D eigenvalue weighted by Crippen LogP contribution is -2.27. The molecule has 1 heterocycles. The number of hydrogen-bond acceptors (Lipinski definition) is 4. The zero-order valence-corrected chi connectivity index (χ0v) is 7.82. The number of nitrogens with zero attached hydrogens (tertiary/aromatic N) is 2. The van der Waals surface area contributed by atoms with Gasteiger partial charge in [0.1, 0.15) is 5.69 Å². The summed E-state index contributed by atoms with van der Waals surface area (Å²) in [6.07, 6.45) is 0.633. The van der Waals surface area contributed by atoms with E-state index >= 15 is 0 Å². The van der Waals surface area contributed by atoms with E-state index in [2.05, 4.69) is 4.98 Å². The normalized spacial score (nSPS) is 12.8. The number of hydrogen-bond donors (Lipinski definition) is 2. The molecule has 0 aliphatic heterocycles. The maximum atomic E-state index is 11.3. The maximum absolute atomic E-state index is 11.3. The minimum atomic E-state index is -0.625. The molecule has 1 unspecified atom stereocenters. The van der Waals surface area contributed by atoms with Crippen molar-refractivity contribution >= 4 is 17.3 Å². The Bertz CT molecular complexity index is 361. The van der Waals surface area contributed by atoms with E-state index in [1.807, 2.05) is 0 Å². The first-order valence-electron chi connectivity index (χ1n) is 3.71. The van der Waals surface area contributed by atoms with Gasteiger partial charge in [-0.25, -0.2) is 4.98 Å². The fraction of sp³-hybridized carbons (Fsp3) is 0.429. The van der Waals surface area contributed by atoms with Gasteiger partial charge in [-0.1, -0.05) is 11.6 Å². The van der Waals surface area contributed by atoms with Gasteiger partial charge in [0.15, 0.2) is 5.15 Å². The molecule has 0 aromatic carbocycles. The van der Waals surface area contributed by atoms with Crippen molar-refractivity contribution in [2.24, 2.45) is 0 Å². The summed E-state index contributed by atoms with van der Waals surface area (Å²) < 4.78 is 1.21. The van der Waals surface area contributed by atoms with E-state index in [0.29, 0.717) is 0 Å². The Morgan fingerprint density at radius 2 is 2.46 bits per heavy atom. The highest BCUT2D eigenvalue weighted by atomic mass is 35.5. The standard InChI is InChI=1S/C7H10ClN3O2/c1-4(12)2-11-3-10-6(8)5(9)7(11)13/h3-4,12H,2,9H2,1H3. The molecule has 0 spiro atoms. The quantitative estimate of drug-likeness (QED) is 0.656. The fourth-order valence-electron chi connectivity index (χ4n) is 0.900. The Morgan fingerprint density at radius 1 is 1.85 bits per heavy atom. The second-order valence-corrected chi connectivity index (χ2v) is 3.11. The average molecular weight is 204 g/mol. The molecule has 1 atom stereocenters. The number of halogens is 1. The third-order valence-electron chi connectivity index (χ3n) is 1.48. The van der Waals surface area contributed by atoms with Crippen molar-refractivity contribution in [1.29, 1.82) is 0 Å². The number of nitrogens with two attached hydrogens (primary N) is 1. The van der Waals surface area contributed by atoms with E-state index in [-0.39, 0.29) is 17.4 Å². The van der Waals surface area contributed by atoms with Crippen LogP contribution < -0.4 is 11.3 Å². The van der Waals surface area contributed by atoms with Crippen molar-refractivity contribution < 1.29 is 5.11 Å². The largest absolute Gasteiger partial charge is 0.392 e. The number of anilines is 1. The molecule has 0 aliphatic rings. The van der Waals surface area contributed by atoms with Crippen LogP contribution in [0.1, 0.15) is 6.92 Å². The summed E-state index contributed by atoms with van der Waals surface area (Å²) in [6, 6.07) is 0. The monoisotopic (exact) mass is 203 g/mol. The van der Waals surface area contributed by atoms with Crippen LogP contribution in [0.5, 0.6) is 0 Å². The first kappa shape index (κ1) is 10.0. The summed E-state index contributed by atoms with van der Waals surface area (Å²) >= 11 is 5.51. The van der Waals surface area contributed by atoms with Crippen LogP contribution in [0, 0.1) is 0 Å². The lowest BCUT2D eigenvalue weighted by atomic mass is 10.4. The van der Waals surface area contributed by atoms with E-state index in [1.54, 1.807) is 6.92 Å². The molecule has 3 N–H and O–H groups in total. The molecule has 72 valence electrons. The zero-order chi connectivity index (χ0) is 10.0. The van der Waals surface area contributed by atoms with Gasteiger partial charge in [-0.3, -0.25) is 9.36 Å². The van der Waals surface area contributed by atoms with Crippen LogP contribution in [0.2, 0.25) is 5.15 Å². The smallest absolute Gasteiger partial charge is 0.278 e. The molecule has 0 saturated carbocycles. The number of nitrogen functional groups attached to an aromatic ring is 1. The van der Waals surface area contributed by atoms with E-state index in [9.17, 15) is 4.79 Å². The highest BCUT2D eigenvalue weighted by Crippen LogP contribution is 2.07. The Kier molecular flexibility index (Phi) is 2.90. The van der Waals surface area contributed by atoms with Gasteiger partial charge in [0, 0.05) is 0 Å². The molecule has 0 aliphatic carbocycles. The first-order chi connectivity index (χ1) is 6.02. The van der Waals surface area contributed by atoms with Crippen LogP contribution in [0.25, 0.3) is 0 Å². The zero-order valence-electron chi connectivity index (χ0n) is 7.07. The van der Waals surface area contributed by atoms with Crippen molar-refractivity contribution in [3.8, 4) is 0 Å². The number of aliphatic hydroxyl groups excluding tert-OH is 1. The number of rotatable bonds is 2. The molecular formula is C7H10ClN3O2. The summed E-state index contributed by atoms with van der Waals surface area (Å²) in [6.45, 7) is 1.73. The van der Waals surface area contributed by atoms with E-state index < -0.39 is 11.7 Å². The third-order valence-corrected chi connectivity index (χ3v) is 1.79. The summed E-state index contributed by atoms with van der Waals surface area (Å²) in [7, 11) is 0. The number of aliphatic hydroxyl groups is 1. The third kappa shape index (κ3) is 2.19. The summed E-state index contributed by atoms with van der Waals surface area (Å²) in [5, 5.41) is 9.02. The van der Waals surface area contributed by atoms with Crippen LogP contribution in [-0.4, -0.2) is 20.8 Å². The Labute approximate surface area is 79.8 Å². The van der Waals surface area contributed by atoms with Crippen molar-refractivity contribution in [3.05, 3.63) is 21.8 Å². The molecule has 5 nitrogen and oxygen atoms in total. The van der Waals surface area contributed by atoms with Crippen LogP contribution in [0.4, 0.5) is 5.69 Å². The lowest BCUT2D eigenvalue weighted by Gasteiger charge is -2.07. The van der Waals surface area contributed by atoms with E-state index in [0.717, 1.165) is 0 Å². The predicted molar refractivity (Wildman–Crippen MR) is 49.6 cm³/mol. The van der Waals surface area contributed by atoms with Gasteiger partial charge >= 0.3 is 0 Å². The molecule has 0 amide bonds. The fourth-order valence-corrected chi connectivity index (χ4v) is 1.02. The van der Waals surface area contributed by atoms with E-state index in [4.69, 9.17) is 22.4 Å². The Morgan fingerprint density at radius 3 is 3.00 bits per heavy atom. The SMILES string of the molecule is CC(O)Cn1cnc(Cl)c(N)c1=O. The van der Waals surface area contributed by atoms with Gasteiger partial charge in [0.2, 0.25) is 0 Å². The Hall–Kier alpha value is -1.07. The van der Waals surface area contributed by atoms with Gasteiger partial charge in [-0.2, -0.15) is 0 Å². The maximum Gasteiger partial charge on any atom is 0.278 e. The highest BCUT2D eigenvalue weighted by molar-refractivity contribution is 6.31. The second-order valence-electron chi connectivity index (χ2n) is 2.76. The molecule has 0 radical (unpaired) electrons. The van der Waals surface area contributed by atoms with Crippen LogP contribution in [-0.2, 0) is 6.54 Å². The number of aromatic nitrogens is 2. The molecule has 1 rings (SSSR count). The molecule has 0 bridgehead atoms. The van der Waals surface area contributed by atoms with Crippen LogP contribution in [0.15, 0.2) is 11.1 Å². The van der Waals surface area contributed by atoms with Gasteiger partial charge in [-0.15, -0.1) is 0 Å². The molecule has 1 aromatic rings. The summed E-state index contributed by atoms with van der Waals surface area (Å²) in [5.41, 5.74) is 4.83. The molecule has 13 heavy (non-hydrogen) atoms. The Balaban J connectivity index is 3.12. The minimum absolute atomic E-state index is 0.00755. The molecule has 1 aromatic heterocycles. The molecule has 6 heteroatoms. The summed E-state index contributed by atoms with van der Waals surface area (Å²) in [4.78, 5) is 15.0. The minimum Gasteiger partial charge on any atom is -0.392 e. The van der Waals surface area contributed by atoms with Crippen LogP contribution in [0.3, 0.4) is 0 Å². The molecular weight excluding hydrogens is 194 g/mol. The second kappa shape index (κ2) is 3.76. The van der Waals surface area contributed by atoms with Gasteiger partial charge in [0.05, 0.1) is 19.0 Å². The average Bonchev–Trinajstić information content (AvgIpc) is 2.06. The first-order valence-corrected chi connectivity index (χ1v) is 4.08. The highest BCUT2D eigenvalue weighted by Gasteiger charge is 2.07. The van der Waals surface area contributed by atoms with Gasteiger partial charge < -0.3 is 10.8 Å². The van der Waals surface area contributed by atoms with E-state index in [1.165, 1.54) is 10.9 Å². The topological polar surface area (TPSA) is 81.1 Å². The molecule has 0 saturated heterocycles. The lowest BCUT2D eigenvalue weighted by molar-refractivity contribution is 0.171. The molecule has 0 fully saturated rings. The predicted octanol–water partition coefficient (Wildman–Crippen LogP) is -0.140. The van der Waals surface area contributed by atoms with Gasteiger partial charge in [0.25, 0.3) is 5.56 Å². The summed E-state index contributed by atoms with van der Waals surface area (Å²) in [5.74, 6) is 0. The van der Waals surface area contributed by atoms with Crippen molar-refractivity contribution in [2.45, 2.75) is 19.6 Å². The van der Waals surface area contributed by atoms with Crippen molar-refractivity contribution in [1.82, 2.24) is 9.55 Å². The van der Waals surface area contributed by atoms with Crippen molar-refractivity contribution in [3.63, 3.8) is 0 Å².